The number of benzene rings is 1. The summed E-state index contributed by atoms with van der Waals surface area (Å²) in [6, 6.07) is 9.09. The lowest BCUT2D eigenvalue weighted by Crippen LogP contribution is -1.89. The number of hydrogen-bond acceptors (Lipinski definition) is 3. The van der Waals surface area contributed by atoms with Gasteiger partial charge in [-0.25, -0.2) is 0 Å². The van der Waals surface area contributed by atoms with Crippen LogP contribution in [0, 0.1) is 35.1 Å². The Morgan fingerprint density at radius 3 is 2.29 bits per heavy atom. The van der Waals surface area contributed by atoms with Gasteiger partial charge in [0.05, 0.1) is 0 Å². The number of rotatable bonds is 0. The molecule has 0 aromatic heterocycles. The second-order valence-corrected chi connectivity index (χ2v) is 2.47. The monoisotopic (exact) mass is 181 g/mol. The summed E-state index contributed by atoms with van der Waals surface area (Å²) in [5, 5.41) is 8.27. The maximum atomic E-state index is 8.27. The minimum atomic E-state index is 0.549. The van der Waals surface area contributed by atoms with Crippen molar-refractivity contribution < 1.29 is 0 Å². The third-order valence-electron chi connectivity index (χ3n) is 1.43. The molecule has 0 unspecified atom stereocenters. The summed E-state index contributed by atoms with van der Waals surface area (Å²) in [7, 11) is 0. The lowest BCUT2D eigenvalue weighted by atomic mass is 10.1. The van der Waals surface area contributed by atoms with E-state index in [1.54, 1.807) is 24.3 Å². The predicted octanol–water partition coefficient (Wildman–Crippen LogP) is 0.412. The van der Waals surface area contributed by atoms with Crippen molar-refractivity contribution in [1.29, 1.82) is 5.26 Å². The molecule has 66 valence electrons. The molecular weight excluding hydrogens is 174 g/mol. The number of nitrogens with two attached hydrogens (primary N) is 2. The largest absolute Gasteiger partial charge is 0.399 e. The van der Waals surface area contributed by atoms with Gasteiger partial charge in [-0.2, -0.15) is 5.26 Å². The molecule has 0 radical (unpaired) electrons. The zero-order valence-electron chi connectivity index (χ0n) is 7.33. The molecule has 0 aliphatic heterocycles. The highest BCUT2D eigenvalue weighted by molar-refractivity contribution is 5.54. The fourth-order valence-corrected chi connectivity index (χ4v) is 0.979. The van der Waals surface area contributed by atoms with Crippen LogP contribution in [0.2, 0.25) is 0 Å². The van der Waals surface area contributed by atoms with Gasteiger partial charge < -0.3 is 11.5 Å². The molecule has 1 aromatic carbocycles. The fourth-order valence-electron chi connectivity index (χ4n) is 0.979. The summed E-state index contributed by atoms with van der Waals surface area (Å²) in [5.41, 5.74) is 12.6. The molecule has 0 aliphatic carbocycles. The van der Waals surface area contributed by atoms with E-state index in [2.05, 4.69) is 23.8 Å². The van der Waals surface area contributed by atoms with Gasteiger partial charge in [0.25, 0.3) is 0 Å². The van der Waals surface area contributed by atoms with Crippen molar-refractivity contribution in [2.24, 2.45) is 5.73 Å². The van der Waals surface area contributed by atoms with Gasteiger partial charge in [-0.15, -0.1) is 0 Å². The molecule has 0 bridgehead atoms. The highest BCUT2D eigenvalue weighted by Gasteiger charge is 1.93. The molecule has 0 amide bonds. The van der Waals surface area contributed by atoms with Crippen molar-refractivity contribution in [2.75, 3.05) is 5.73 Å². The standard InChI is InChI=1S/C11H7N3/c12-4-1-2-9-6-10(3-5-13)8-11(14)7-9/h6-8H,13-14H2. The Balaban J connectivity index is 3.19. The Hall–Kier alpha value is -2.57. The van der Waals surface area contributed by atoms with Crippen LogP contribution in [-0.2, 0) is 0 Å². The molecule has 0 saturated heterocycles. The lowest BCUT2D eigenvalue weighted by Gasteiger charge is -1.96. The summed E-state index contributed by atoms with van der Waals surface area (Å²) in [4.78, 5) is 0. The first-order chi connectivity index (χ1) is 6.76. The van der Waals surface area contributed by atoms with E-state index in [1.807, 2.05) is 0 Å². The molecular formula is C11H7N3. The van der Waals surface area contributed by atoms with Crippen LogP contribution in [0.3, 0.4) is 0 Å². The van der Waals surface area contributed by atoms with Gasteiger partial charge in [-0.1, -0.05) is 5.92 Å². The molecule has 0 heterocycles. The Kier molecular flexibility index (Phi) is 3.03. The molecule has 4 N–H and O–H groups in total. The number of nitrogens with zero attached hydrogens (tertiary/aromatic N) is 1. The van der Waals surface area contributed by atoms with Crippen LogP contribution in [0.5, 0.6) is 0 Å². The molecule has 0 fully saturated rings. The van der Waals surface area contributed by atoms with Gasteiger partial charge in [0.15, 0.2) is 6.07 Å². The van der Waals surface area contributed by atoms with Crippen LogP contribution in [0.15, 0.2) is 18.2 Å². The quantitative estimate of drug-likeness (QED) is 0.346. The zero-order valence-corrected chi connectivity index (χ0v) is 7.33. The SMILES string of the molecule is N#CC#Cc1cc(N)cc(C#CN)c1. The average Bonchev–Trinajstić information content (AvgIpc) is 2.14. The minimum absolute atomic E-state index is 0.549. The van der Waals surface area contributed by atoms with Crippen molar-refractivity contribution in [1.82, 2.24) is 0 Å². The summed E-state index contributed by atoms with van der Waals surface area (Å²) in [5.74, 6) is 7.58. The molecule has 1 rings (SSSR count). The molecule has 0 spiro atoms. The van der Waals surface area contributed by atoms with E-state index >= 15 is 0 Å². The normalized spacial score (nSPS) is 7.36. The predicted molar refractivity (Wildman–Crippen MR) is 54.4 cm³/mol. The van der Waals surface area contributed by atoms with Crippen LogP contribution in [-0.4, -0.2) is 0 Å². The first-order valence-electron chi connectivity index (χ1n) is 3.78. The molecule has 1 aromatic rings. The third-order valence-corrected chi connectivity index (χ3v) is 1.43. The molecule has 0 saturated carbocycles. The third kappa shape index (κ3) is 2.48. The Labute approximate surface area is 82.3 Å². The summed E-state index contributed by atoms with van der Waals surface area (Å²) >= 11 is 0. The summed E-state index contributed by atoms with van der Waals surface area (Å²) in [6.45, 7) is 0. The van der Waals surface area contributed by atoms with E-state index < -0.39 is 0 Å². The van der Waals surface area contributed by atoms with Gasteiger partial charge >= 0.3 is 0 Å². The van der Waals surface area contributed by atoms with E-state index in [1.165, 1.54) is 0 Å². The Bertz CT molecular complexity index is 501. The highest BCUT2D eigenvalue weighted by Crippen LogP contribution is 2.10. The second-order valence-electron chi connectivity index (χ2n) is 2.47. The number of nitriles is 1. The number of anilines is 1. The van der Waals surface area contributed by atoms with Gasteiger partial charge in [0, 0.05) is 28.8 Å². The fraction of sp³-hybridized carbons (Fsp3) is 0. The average molecular weight is 181 g/mol. The van der Waals surface area contributed by atoms with Crippen LogP contribution >= 0.6 is 0 Å². The van der Waals surface area contributed by atoms with Crippen molar-refractivity contribution in [3.63, 3.8) is 0 Å². The second kappa shape index (κ2) is 4.45. The first-order valence-corrected chi connectivity index (χ1v) is 3.78. The van der Waals surface area contributed by atoms with Crippen molar-refractivity contribution in [3.8, 4) is 29.9 Å². The van der Waals surface area contributed by atoms with E-state index in [0.717, 1.165) is 0 Å². The van der Waals surface area contributed by atoms with E-state index in [-0.39, 0.29) is 0 Å². The smallest absolute Gasteiger partial charge is 0.152 e. The van der Waals surface area contributed by atoms with Crippen LogP contribution in [0.4, 0.5) is 5.69 Å². The molecule has 14 heavy (non-hydrogen) atoms. The van der Waals surface area contributed by atoms with Crippen LogP contribution in [0.1, 0.15) is 11.1 Å². The van der Waals surface area contributed by atoms with E-state index in [9.17, 15) is 0 Å². The lowest BCUT2D eigenvalue weighted by molar-refractivity contribution is 1.54. The minimum Gasteiger partial charge on any atom is -0.399 e. The molecule has 3 heteroatoms. The molecule has 3 nitrogen and oxygen atoms in total. The maximum Gasteiger partial charge on any atom is 0.152 e. The maximum absolute atomic E-state index is 8.27. The van der Waals surface area contributed by atoms with Gasteiger partial charge in [0.1, 0.15) is 0 Å². The van der Waals surface area contributed by atoms with Crippen molar-refractivity contribution in [3.05, 3.63) is 29.3 Å². The van der Waals surface area contributed by atoms with Crippen LogP contribution < -0.4 is 11.5 Å². The van der Waals surface area contributed by atoms with E-state index in [4.69, 9.17) is 16.7 Å². The van der Waals surface area contributed by atoms with Gasteiger partial charge in [0.2, 0.25) is 0 Å². The van der Waals surface area contributed by atoms with Crippen molar-refractivity contribution >= 4 is 5.69 Å². The molecule has 0 aliphatic rings. The number of nitrogen functional groups attached to an aromatic ring is 1. The topological polar surface area (TPSA) is 75.8 Å². The highest BCUT2D eigenvalue weighted by atomic mass is 14.5. The van der Waals surface area contributed by atoms with E-state index in [0.29, 0.717) is 16.8 Å². The first kappa shape index (κ1) is 9.52. The number of hydrogen-bond donors (Lipinski definition) is 2. The van der Waals surface area contributed by atoms with Gasteiger partial charge in [-0.3, -0.25) is 0 Å². The van der Waals surface area contributed by atoms with Crippen molar-refractivity contribution in [2.45, 2.75) is 0 Å². The molecule has 0 atom stereocenters. The Morgan fingerprint density at radius 1 is 1.07 bits per heavy atom. The Morgan fingerprint density at radius 2 is 1.71 bits per heavy atom. The summed E-state index contributed by atoms with van der Waals surface area (Å²) < 4.78 is 0. The van der Waals surface area contributed by atoms with Gasteiger partial charge in [-0.05, 0) is 24.1 Å². The van der Waals surface area contributed by atoms with Crippen LogP contribution in [0.25, 0.3) is 0 Å². The zero-order chi connectivity index (χ0) is 10.4. The summed E-state index contributed by atoms with van der Waals surface area (Å²) in [6.07, 6.45) is 0.